The molecule has 3 atom stereocenters. The van der Waals surface area contributed by atoms with E-state index in [9.17, 15) is 9.59 Å². The first-order valence-corrected chi connectivity index (χ1v) is 8.85. The highest BCUT2D eigenvalue weighted by Gasteiger charge is 2.28. The average molecular weight is 340 g/mol. The smallest absolute Gasteiger partial charge is 0.339 e. The van der Waals surface area contributed by atoms with Crippen molar-refractivity contribution in [2.45, 2.75) is 39.2 Å². The van der Waals surface area contributed by atoms with Gasteiger partial charge in [0.25, 0.3) is 5.91 Å². The number of amides is 1. The topological polar surface area (TPSA) is 68.3 Å². The quantitative estimate of drug-likeness (QED) is 0.867. The van der Waals surface area contributed by atoms with E-state index in [2.05, 4.69) is 24.1 Å². The van der Waals surface area contributed by atoms with Crippen molar-refractivity contribution < 1.29 is 14.3 Å². The maximum atomic E-state index is 12.3. The van der Waals surface area contributed by atoms with E-state index in [1.165, 1.54) is 6.42 Å². The van der Waals surface area contributed by atoms with Crippen LogP contribution in [0, 0.1) is 11.8 Å². The number of carbonyl (C=O) groups excluding carboxylic acids is 2. The summed E-state index contributed by atoms with van der Waals surface area (Å²) in [7, 11) is 0. The fourth-order valence-corrected chi connectivity index (χ4v) is 3.54. The zero-order valence-corrected chi connectivity index (χ0v) is 14.7. The minimum absolute atomic E-state index is 0.165. The second-order valence-electron chi connectivity index (χ2n) is 6.92. The van der Waals surface area contributed by atoms with Gasteiger partial charge in [0.2, 0.25) is 0 Å². The van der Waals surface area contributed by atoms with Crippen LogP contribution in [0.3, 0.4) is 0 Å². The molecule has 1 aliphatic carbocycles. The Balaban J connectivity index is 1.59. The fraction of sp³-hybridized carbons (Fsp3) is 0.450. The van der Waals surface area contributed by atoms with Gasteiger partial charge in [-0.05, 0) is 35.8 Å². The molecular formula is C20H24N2O3. The lowest BCUT2D eigenvalue weighted by molar-refractivity contribution is -0.125. The summed E-state index contributed by atoms with van der Waals surface area (Å²) in [5.74, 6) is 0.322. The first kappa shape index (κ1) is 17.4. The molecule has 0 saturated heterocycles. The Hall–Kier alpha value is -2.43. The molecule has 3 rings (SSSR count). The van der Waals surface area contributed by atoms with Crippen LogP contribution in [0.2, 0.25) is 0 Å². The van der Waals surface area contributed by atoms with E-state index in [0.29, 0.717) is 17.4 Å². The minimum Gasteiger partial charge on any atom is -0.452 e. The number of nitrogens with zero attached hydrogens (tertiary/aromatic N) is 1. The van der Waals surface area contributed by atoms with Crippen molar-refractivity contribution >= 4 is 22.6 Å². The lowest BCUT2D eigenvalue weighted by atomic mass is 9.78. The van der Waals surface area contributed by atoms with Gasteiger partial charge in [-0.25, -0.2) is 4.79 Å². The zero-order valence-electron chi connectivity index (χ0n) is 14.7. The number of aromatic nitrogens is 1. The van der Waals surface area contributed by atoms with E-state index in [1.54, 1.807) is 30.6 Å². The van der Waals surface area contributed by atoms with E-state index in [4.69, 9.17) is 4.74 Å². The Morgan fingerprint density at radius 1 is 1.24 bits per heavy atom. The molecule has 25 heavy (non-hydrogen) atoms. The first-order valence-electron chi connectivity index (χ1n) is 8.85. The number of fused-ring (bicyclic) bond motifs is 1. The Morgan fingerprint density at radius 2 is 2.08 bits per heavy atom. The van der Waals surface area contributed by atoms with Gasteiger partial charge in [0.05, 0.1) is 5.56 Å². The van der Waals surface area contributed by atoms with Crippen molar-refractivity contribution in [3.8, 4) is 0 Å². The van der Waals surface area contributed by atoms with Crippen LogP contribution in [-0.4, -0.2) is 29.5 Å². The van der Waals surface area contributed by atoms with Crippen LogP contribution < -0.4 is 5.32 Å². The largest absolute Gasteiger partial charge is 0.452 e. The average Bonchev–Trinajstić information content (AvgIpc) is 2.63. The molecule has 1 amide bonds. The van der Waals surface area contributed by atoms with Crippen LogP contribution >= 0.6 is 0 Å². The second-order valence-corrected chi connectivity index (χ2v) is 6.92. The Labute approximate surface area is 147 Å². The number of carbonyl (C=O) groups is 2. The van der Waals surface area contributed by atoms with Crippen LogP contribution in [-0.2, 0) is 9.53 Å². The van der Waals surface area contributed by atoms with E-state index >= 15 is 0 Å². The number of rotatable bonds is 4. The van der Waals surface area contributed by atoms with Gasteiger partial charge in [0, 0.05) is 23.8 Å². The molecule has 0 spiro atoms. The third-order valence-corrected chi connectivity index (χ3v) is 5.29. The summed E-state index contributed by atoms with van der Waals surface area (Å²) in [5, 5.41) is 4.66. The van der Waals surface area contributed by atoms with Gasteiger partial charge in [-0.2, -0.15) is 0 Å². The molecule has 132 valence electrons. The summed E-state index contributed by atoms with van der Waals surface area (Å²) in [5.41, 5.74) is 0.451. The molecule has 1 aliphatic rings. The summed E-state index contributed by atoms with van der Waals surface area (Å²) >= 11 is 0. The minimum atomic E-state index is -0.489. The number of nitrogens with one attached hydrogen (secondary N) is 1. The van der Waals surface area contributed by atoms with Gasteiger partial charge >= 0.3 is 5.97 Å². The molecule has 1 N–H and O–H groups in total. The molecule has 2 aromatic rings. The fourth-order valence-electron chi connectivity index (χ4n) is 3.54. The molecule has 0 radical (unpaired) electrons. The highest BCUT2D eigenvalue weighted by molar-refractivity contribution is 6.04. The van der Waals surface area contributed by atoms with Gasteiger partial charge in [-0.3, -0.25) is 9.78 Å². The zero-order chi connectivity index (χ0) is 17.8. The van der Waals surface area contributed by atoms with Gasteiger partial charge in [0.1, 0.15) is 0 Å². The Bertz CT molecular complexity index is 769. The molecule has 1 fully saturated rings. The summed E-state index contributed by atoms with van der Waals surface area (Å²) in [6, 6.07) is 7.31. The number of ether oxygens (including phenoxy) is 1. The Kier molecular flexibility index (Phi) is 5.31. The van der Waals surface area contributed by atoms with Crippen molar-refractivity contribution in [2.24, 2.45) is 11.8 Å². The van der Waals surface area contributed by atoms with Crippen molar-refractivity contribution in [3.05, 3.63) is 42.2 Å². The predicted molar refractivity (Wildman–Crippen MR) is 96.1 cm³/mol. The normalized spacial score (nSPS) is 23.2. The van der Waals surface area contributed by atoms with Crippen molar-refractivity contribution in [3.63, 3.8) is 0 Å². The number of hydrogen-bond donors (Lipinski definition) is 1. The molecule has 5 heteroatoms. The SMILES string of the molecule is C[C@H]1[C@H](C)CCC[C@@H]1NC(=O)COC(=O)c1cccc2cnccc12. The monoisotopic (exact) mass is 340 g/mol. The first-order chi connectivity index (χ1) is 12.1. The number of pyridine rings is 1. The molecule has 0 bridgehead atoms. The van der Waals surface area contributed by atoms with Gasteiger partial charge in [-0.1, -0.05) is 38.8 Å². The number of hydrogen-bond acceptors (Lipinski definition) is 4. The summed E-state index contributed by atoms with van der Waals surface area (Å²) < 4.78 is 5.23. The maximum absolute atomic E-state index is 12.3. The third kappa shape index (κ3) is 3.98. The Morgan fingerprint density at radius 3 is 2.92 bits per heavy atom. The lowest BCUT2D eigenvalue weighted by Crippen LogP contribution is -2.45. The van der Waals surface area contributed by atoms with Crippen LogP contribution in [0.5, 0.6) is 0 Å². The molecule has 1 saturated carbocycles. The van der Waals surface area contributed by atoms with E-state index in [0.717, 1.165) is 23.6 Å². The maximum Gasteiger partial charge on any atom is 0.339 e. The van der Waals surface area contributed by atoms with E-state index < -0.39 is 5.97 Å². The third-order valence-electron chi connectivity index (χ3n) is 5.29. The second kappa shape index (κ2) is 7.64. The highest BCUT2D eigenvalue weighted by atomic mass is 16.5. The highest BCUT2D eigenvalue weighted by Crippen LogP contribution is 2.29. The lowest BCUT2D eigenvalue weighted by Gasteiger charge is -2.34. The molecule has 1 aromatic heterocycles. The number of esters is 1. The van der Waals surface area contributed by atoms with Crippen LogP contribution in [0.4, 0.5) is 0 Å². The summed E-state index contributed by atoms with van der Waals surface area (Å²) in [4.78, 5) is 28.6. The molecule has 0 aliphatic heterocycles. The standard InChI is InChI=1S/C20H24N2O3/c1-13-5-3-8-18(14(13)2)22-19(23)12-25-20(24)17-7-4-6-15-11-21-10-9-16(15)17/h4,6-7,9-11,13-14,18H,3,5,8,12H2,1-2H3,(H,22,23)/t13-,14+,18+/m1/s1. The van der Waals surface area contributed by atoms with Crippen molar-refractivity contribution in [1.82, 2.24) is 10.3 Å². The van der Waals surface area contributed by atoms with Gasteiger partial charge in [0.15, 0.2) is 6.61 Å². The molecule has 0 unspecified atom stereocenters. The van der Waals surface area contributed by atoms with Crippen molar-refractivity contribution in [1.29, 1.82) is 0 Å². The van der Waals surface area contributed by atoms with Crippen LogP contribution in [0.1, 0.15) is 43.5 Å². The van der Waals surface area contributed by atoms with Gasteiger partial charge in [-0.15, -0.1) is 0 Å². The predicted octanol–water partition coefficient (Wildman–Crippen LogP) is 3.33. The molecule has 1 heterocycles. The van der Waals surface area contributed by atoms with Crippen LogP contribution in [0.25, 0.3) is 10.8 Å². The number of benzene rings is 1. The molecule has 1 aromatic carbocycles. The van der Waals surface area contributed by atoms with E-state index in [1.807, 2.05) is 6.07 Å². The molecular weight excluding hydrogens is 316 g/mol. The van der Waals surface area contributed by atoms with E-state index in [-0.39, 0.29) is 18.6 Å². The summed E-state index contributed by atoms with van der Waals surface area (Å²) in [6.45, 7) is 4.14. The van der Waals surface area contributed by atoms with Crippen LogP contribution in [0.15, 0.2) is 36.7 Å². The van der Waals surface area contributed by atoms with Gasteiger partial charge < -0.3 is 10.1 Å². The summed E-state index contributed by atoms with van der Waals surface area (Å²) in [6.07, 6.45) is 6.65. The van der Waals surface area contributed by atoms with Crippen molar-refractivity contribution in [2.75, 3.05) is 6.61 Å². The molecule has 5 nitrogen and oxygen atoms in total.